The third-order valence-electron chi connectivity index (χ3n) is 4.45. The predicted octanol–water partition coefficient (Wildman–Crippen LogP) is 2.69. The van der Waals surface area contributed by atoms with Crippen LogP contribution in [0.4, 0.5) is 0 Å². The van der Waals surface area contributed by atoms with Gasteiger partial charge >= 0.3 is 0 Å². The topological polar surface area (TPSA) is 29.9 Å². The van der Waals surface area contributed by atoms with Crippen LogP contribution in [0.25, 0.3) is 0 Å². The largest absolute Gasteiger partial charge is 0.314 e. The molecule has 1 aliphatic rings. The summed E-state index contributed by atoms with van der Waals surface area (Å²) in [5.41, 5.74) is 2.53. The van der Waals surface area contributed by atoms with Crippen molar-refractivity contribution in [2.75, 3.05) is 6.54 Å². The number of hydrogen-bond donors (Lipinski definition) is 1. The third kappa shape index (κ3) is 2.94. The number of hydrogen-bond acceptors (Lipinski definition) is 2. The van der Waals surface area contributed by atoms with Gasteiger partial charge in [0, 0.05) is 18.8 Å². The van der Waals surface area contributed by atoms with Crippen molar-refractivity contribution in [2.24, 2.45) is 18.9 Å². The van der Waals surface area contributed by atoms with E-state index in [1.54, 1.807) is 0 Å². The molecular formula is C15H27N3. The Morgan fingerprint density at radius 2 is 2.22 bits per heavy atom. The summed E-state index contributed by atoms with van der Waals surface area (Å²) >= 11 is 0. The maximum atomic E-state index is 4.45. The average molecular weight is 249 g/mol. The van der Waals surface area contributed by atoms with Gasteiger partial charge in [-0.3, -0.25) is 4.68 Å². The first kappa shape index (κ1) is 13.6. The van der Waals surface area contributed by atoms with Gasteiger partial charge in [-0.15, -0.1) is 0 Å². The molecular weight excluding hydrogens is 222 g/mol. The lowest BCUT2D eigenvalue weighted by molar-refractivity contribution is 0.347. The molecule has 3 unspecified atom stereocenters. The zero-order valence-electron chi connectivity index (χ0n) is 12.2. The summed E-state index contributed by atoms with van der Waals surface area (Å²) in [6.07, 6.45) is 5.10. The van der Waals surface area contributed by atoms with Gasteiger partial charge in [0.05, 0.1) is 5.69 Å². The van der Waals surface area contributed by atoms with Crippen LogP contribution in [0.2, 0.25) is 0 Å². The fraction of sp³-hybridized carbons (Fsp3) is 0.800. The number of aryl methyl sites for hydroxylation is 2. The van der Waals surface area contributed by atoms with Gasteiger partial charge in [-0.25, -0.2) is 0 Å². The van der Waals surface area contributed by atoms with E-state index in [9.17, 15) is 0 Å². The molecule has 1 aromatic heterocycles. The number of nitrogens with one attached hydrogen (secondary N) is 1. The minimum absolute atomic E-state index is 0.726. The van der Waals surface area contributed by atoms with Crippen LogP contribution in [-0.2, 0) is 13.5 Å². The summed E-state index contributed by atoms with van der Waals surface area (Å²) < 4.78 is 2.05. The van der Waals surface area contributed by atoms with Crippen LogP contribution in [0.15, 0.2) is 6.07 Å². The first-order valence-corrected chi connectivity index (χ1v) is 7.34. The van der Waals surface area contributed by atoms with E-state index in [1.165, 1.54) is 31.4 Å². The molecule has 2 rings (SSSR count). The molecule has 1 saturated carbocycles. The second-order valence-corrected chi connectivity index (χ2v) is 5.86. The molecule has 0 spiro atoms. The van der Waals surface area contributed by atoms with Gasteiger partial charge in [0.15, 0.2) is 0 Å². The molecule has 0 bridgehead atoms. The van der Waals surface area contributed by atoms with Gasteiger partial charge in [0.2, 0.25) is 0 Å². The van der Waals surface area contributed by atoms with E-state index in [-0.39, 0.29) is 0 Å². The highest BCUT2D eigenvalue weighted by Crippen LogP contribution is 2.34. The molecule has 0 saturated heterocycles. The summed E-state index contributed by atoms with van der Waals surface area (Å²) in [4.78, 5) is 0. The standard InChI is InChI=1S/C15H27N3/c1-5-8-16-15-7-6-13(12(15)3)10-14-9-11(2)17-18(14)4/h9,12-13,15-16H,5-8,10H2,1-4H3. The smallest absolute Gasteiger partial charge is 0.0596 e. The molecule has 1 aliphatic carbocycles. The summed E-state index contributed by atoms with van der Waals surface area (Å²) in [5.74, 6) is 1.60. The highest BCUT2D eigenvalue weighted by molar-refractivity contribution is 5.10. The molecule has 3 nitrogen and oxygen atoms in total. The van der Waals surface area contributed by atoms with Crippen LogP contribution in [0.5, 0.6) is 0 Å². The van der Waals surface area contributed by atoms with E-state index in [4.69, 9.17) is 0 Å². The Morgan fingerprint density at radius 1 is 1.44 bits per heavy atom. The molecule has 1 aromatic rings. The van der Waals surface area contributed by atoms with Crippen LogP contribution < -0.4 is 5.32 Å². The van der Waals surface area contributed by atoms with Crippen LogP contribution in [-0.4, -0.2) is 22.4 Å². The summed E-state index contributed by atoms with van der Waals surface area (Å²) in [7, 11) is 2.06. The van der Waals surface area contributed by atoms with Crippen molar-refractivity contribution in [2.45, 2.75) is 52.5 Å². The second kappa shape index (κ2) is 5.87. The molecule has 0 amide bonds. The molecule has 102 valence electrons. The molecule has 0 aromatic carbocycles. The van der Waals surface area contributed by atoms with Crippen LogP contribution in [0, 0.1) is 18.8 Å². The molecule has 0 radical (unpaired) electrons. The average Bonchev–Trinajstić information content (AvgIpc) is 2.82. The number of aromatic nitrogens is 2. The summed E-state index contributed by atoms with van der Waals surface area (Å²) in [6, 6.07) is 2.96. The maximum absolute atomic E-state index is 4.45. The quantitative estimate of drug-likeness (QED) is 0.869. The third-order valence-corrected chi connectivity index (χ3v) is 4.45. The Kier molecular flexibility index (Phi) is 4.44. The summed E-state index contributed by atoms with van der Waals surface area (Å²) in [6.45, 7) is 7.89. The van der Waals surface area contributed by atoms with Gasteiger partial charge in [-0.2, -0.15) is 5.10 Å². The van der Waals surface area contributed by atoms with Crippen molar-refractivity contribution < 1.29 is 0 Å². The minimum atomic E-state index is 0.726. The van der Waals surface area contributed by atoms with Gasteiger partial charge < -0.3 is 5.32 Å². The van der Waals surface area contributed by atoms with E-state index < -0.39 is 0 Å². The van der Waals surface area contributed by atoms with Crippen molar-refractivity contribution in [3.05, 3.63) is 17.5 Å². The van der Waals surface area contributed by atoms with Crippen molar-refractivity contribution in [3.63, 3.8) is 0 Å². The lowest BCUT2D eigenvalue weighted by Gasteiger charge is -2.21. The van der Waals surface area contributed by atoms with E-state index in [1.807, 2.05) is 0 Å². The van der Waals surface area contributed by atoms with Crippen molar-refractivity contribution in [1.82, 2.24) is 15.1 Å². The zero-order chi connectivity index (χ0) is 13.1. The molecule has 18 heavy (non-hydrogen) atoms. The summed E-state index contributed by atoms with van der Waals surface area (Å²) in [5, 5.41) is 8.14. The molecule has 3 heteroatoms. The zero-order valence-corrected chi connectivity index (χ0v) is 12.2. The Morgan fingerprint density at radius 3 is 2.83 bits per heavy atom. The fourth-order valence-electron chi connectivity index (χ4n) is 3.28. The first-order chi connectivity index (χ1) is 8.61. The monoisotopic (exact) mass is 249 g/mol. The molecule has 1 fully saturated rings. The minimum Gasteiger partial charge on any atom is -0.314 e. The lowest BCUT2D eigenvalue weighted by Crippen LogP contribution is -2.33. The molecule has 1 heterocycles. The van der Waals surface area contributed by atoms with E-state index in [0.717, 1.165) is 30.1 Å². The Labute approximate surface area is 111 Å². The Bertz CT molecular complexity index is 383. The van der Waals surface area contributed by atoms with Crippen LogP contribution >= 0.6 is 0 Å². The van der Waals surface area contributed by atoms with Crippen LogP contribution in [0.3, 0.4) is 0 Å². The highest BCUT2D eigenvalue weighted by Gasteiger charge is 2.32. The molecule has 0 aliphatic heterocycles. The Balaban J connectivity index is 1.93. The number of rotatable bonds is 5. The van der Waals surface area contributed by atoms with Crippen molar-refractivity contribution in [1.29, 1.82) is 0 Å². The normalized spacial score (nSPS) is 27.9. The SMILES string of the molecule is CCCNC1CCC(Cc2cc(C)nn2C)C1C. The van der Waals surface area contributed by atoms with Gasteiger partial charge in [-0.1, -0.05) is 13.8 Å². The van der Waals surface area contributed by atoms with Crippen molar-refractivity contribution in [3.8, 4) is 0 Å². The van der Waals surface area contributed by atoms with Gasteiger partial charge in [-0.05, 0) is 57.1 Å². The fourth-order valence-corrected chi connectivity index (χ4v) is 3.28. The van der Waals surface area contributed by atoms with Crippen molar-refractivity contribution >= 4 is 0 Å². The maximum Gasteiger partial charge on any atom is 0.0596 e. The van der Waals surface area contributed by atoms with E-state index >= 15 is 0 Å². The van der Waals surface area contributed by atoms with E-state index in [2.05, 4.69) is 49.0 Å². The Hall–Kier alpha value is -0.830. The lowest BCUT2D eigenvalue weighted by atomic mass is 9.91. The van der Waals surface area contributed by atoms with Gasteiger partial charge in [0.25, 0.3) is 0 Å². The van der Waals surface area contributed by atoms with Gasteiger partial charge in [0.1, 0.15) is 0 Å². The molecule has 1 N–H and O–H groups in total. The second-order valence-electron chi connectivity index (χ2n) is 5.86. The highest BCUT2D eigenvalue weighted by atomic mass is 15.3. The van der Waals surface area contributed by atoms with Crippen LogP contribution in [0.1, 0.15) is 44.5 Å². The molecule has 3 atom stereocenters. The predicted molar refractivity (Wildman–Crippen MR) is 75.6 cm³/mol. The number of nitrogens with zero attached hydrogens (tertiary/aromatic N) is 2. The first-order valence-electron chi connectivity index (χ1n) is 7.34. The van der Waals surface area contributed by atoms with E-state index in [0.29, 0.717) is 0 Å².